The molecule has 1 N–H and O–H groups in total. The molecule has 0 fully saturated rings. The molecule has 0 aliphatic carbocycles. The lowest BCUT2D eigenvalue weighted by Crippen LogP contribution is -2.13. The third-order valence-electron chi connectivity index (χ3n) is 3.53. The van der Waals surface area contributed by atoms with E-state index in [-0.39, 0.29) is 4.90 Å². The Balaban J connectivity index is 2.08. The first kappa shape index (κ1) is 16.3. The van der Waals surface area contributed by atoms with E-state index in [1.807, 2.05) is 19.1 Å². The standard InChI is InChI=1S/C18H16FNO3S/c1-2-23-17-11-12-18(16-6-4-3-5-15(16)17)24(21,22)20-14-9-7-13(19)8-10-14/h3-12,20H,2H2,1H3. The smallest absolute Gasteiger partial charge is 0.262 e. The molecule has 124 valence electrons. The summed E-state index contributed by atoms with van der Waals surface area (Å²) >= 11 is 0. The molecule has 0 radical (unpaired) electrons. The lowest BCUT2D eigenvalue weighted by molar-refractivity contribution is 0.344. The van der Waals surface area contributed by atoms with Crippen molar-refractivity contribution < 1.29 is 17.5 Å². The van der Waals surface area contributed by atoms with Crippen LogP contribution in [0, 0.1) is 5.82 Å². The summed E-state index contributed by atoms with van der Waals surface area (Å²) in [5.74, 6) is 0.207. The molecule has 0 aliphatic rings. The minimum Gasteiger partial charge on any atom is -0.493 e. The van der Waals surface area contributed by atoms with Crippen LogP contribution in [0.1, 0.15) is 6.92 Å². The fourth-order valence-electron chi connectivity index (χ4n) is 2.49. The van der Waals surface area contributed by atoms with Gasteiger partial charge in [-0.25, -0.2) is 12.8 Å². The first-order valence-corrected chi connectivity index (χ1v) is 8.92. The Morgan fingerprint density at radius 2 is 1.62 bits per heavy atom. The molecule has 3 rings (SSSR count). The second-order valence-corrected chi connectivity index (χ2v) is 6.80. The molecule has 0 unspecified atom stereocenters. The van der Waals surface area contributed by atoms with Crippen molar-refractivity contribution in [3.63, 3.8) is 0 Å². The highest BCUT2D eigenvalue weighted by Gasteiger charge is 2.19. The third kappa shape index (κ3) is 3.19. The Morgan fingerprint density at radius 1 is 0.958 bits per heavy atom. The Bertz CT molecular complexity index is 969. The summed E-state index contributed by atoms with van der Waals surface area (Å²) in [6.07, 6.45) is 0. The van der Waals surface area contributed by atoms with Crippen molar-refractivity contribution in [2.24, 2.45) is 0 Å². The summed E-state index contributed by atoms with van der Waals surface area (Å²) in [6, 6.07) is 15.5. The van der Waals surface area contributed by atoms with Gasteiger partial charge >= 0.3 is 0 Å². The van der Waals surface area contributed by atoms with Gasteiger partial charge in [-0.2, -0.15) is 0 Å². The van der Waals surface area contributed by atoms with Crippen molar-refractivity contribution in [1.29, 1.82) is 0 Å². The Kier molecular flexibility index (Phi) is 4.40. The number of halogens is 1. The maximum Gasteiger partial charge on any atom is 0.262 e. The van der Waals surface area contributed by atoms with Crippen LogP contribution in [0.5, 0.6) is 5.75 Å². The van der Waals surface area contributed by atoms with Gasteiger partial charge in [0.2, 0.25) is 0 Å². The number of rotatable bonds is 5. The van der Waals surface area contributed by atoms with E-state index in [0.717, 1.165) is 5.39 Å². The molecule has 0 saturated heterocycles. The molecule has 0 aliphatic heterocycles. The SMILES string of the molecule is CCOc1ccc(S(=O)(=O)Nc2ccc(F)cc2)c2ccccc12. The highest BCUT2D eigenvalue weighted by Crippen LogP contribution is 2.32. The molecular weight excluding hydrogens is 329 g/mol. The molecular formula is C18H16FNO3S. The van der Waals surface area contributed by atoms with Crippen LogP contribution in [0.25, 0.3) is 10.8 Å². The van der Waals surface area contributed by atoms with Gasteiger partial charge < -0.3 is 4.74 Å². The maximum absolute atomic E-state index is 13.0. The highest BCUT2D eigenvalue weighted by atomic mass is 32.2. The van der Waals surface area contributed by atoms with E-state index in [4.69, 9.17) is 4.74 Å². The molecule has 0 spiro atoms. The molecule has 3 aromatic rings. The van der Waals surface area contributed by atoms with E-state index in [9.17, 15) is 12.8 Å². The number of hydrogen-bond acceptors (Lipinski definition) is 3. The predicted molar refractivity (Wildman–Crippen MR) is 92.3 cm³/mol. The summed E-state index contributed by atoms with van der Waals surface area (Å²) in [5, 5.41) is 1.29. The molecule has 0 atom stereocenters. The van der Waals surface area contributed by atoms with E-state index in [0.29, 0.717) is 23.4 Å². The predicted octanol–water partition coefficient (Wildman–Crippen LogP) is 4.18. The van der Waals surface area contributed by atoms with Gasteiger partial charge in [0.15, 0.2) is 0 Å². The maximum atomic E-state index is 13.0. The number of nitrogens with one attached hydrogen (secondary N) is 1. The number of hydrogen-bond donors (Lipinski definition) is 1. The summed E-state index contributed by atoms with van der Waals surface area (Å²) in [6.45, 7) is 2.36. The van der Waals surface area contributed by atoms with E-state index in [2.05, 4.69) is 4.72 Å². The number of benzene rings is 3. The Labute approximate surface area is 139 Å². The topological polar surface area (TPSA) is 55.4 Å². The second kappa shape index (κ2) is 6.49. The summed E-state index contributed by atoms with van der Waals surface area (Å²) in [5.41, 5.74) is 0.300. The molecule has 0 aromatic heterocycles. The molecule has 6 heteroatoms. The number of ether oxygens (including phenoxy) is 1. The van der Waals surface area contributed by atoms with Crippen molar-refractivity contribution in [3.05, 3.63) is 66.5 Å². The van der Waals surface area contributed by atoms with Gasteiger partial charge in [-0.3, -0.25) is 4.72 Å². The van der Waals surface area contributed by atoms with E-state index >= 15 is 0 Å². The van der Waals surface area contributed by atoms with Crippen molar-refractivity contribution in [1.82, 2.24) is 0 Å². The Hall–Kier alpha value is -2.60. The van der Waals surface area contributed by atoms with Gasteiger partial charge in [0.25, 0.3) is 10.0 Å². The van der Waals surface area contributed by atoms with Gasteiger partial charge in [0, 0.05) is 16.5 Å². The van der Waals surface area contributed by atoms with Crippen molar-refractivity contribution in [2.75, 3.05) is 11.3 Å². The Morgan fingerprint density at radius 3 is 2.29 bits per heavy atom. The highest BCUT2D eigenvalue weighted by molar-refractivity contribution is 7.93. The van der Waals surface area contributed by atoms with Crippen molar-refractivity contribution >= 4 is 26.5 Å². The summed E-state index contributed by atoms with van der Waals surface area (Å²) < 4.78 is 46.5. The van der Waals surface area contributed by atoms with E-state index in [1.54, 1.807) is 18.2 Å². The first-order chi connectivity index (χ1) is 11.5. The monoisotopic (exact) mass is 345 g/mol. The minimum absolute atomic E-state index is 0.144. The van der Waals surface area contributed by atoms with Gasteiger partial charge in [0.1, 0.15) is 11.6 Å². The van der Waals surface area contributed by atoms with E-state index in [1.165, 1.54) is 30.3 Å². The summed E-state index contributed by atoms with van der Waals surface area (Å²) in [4.78, 5) is 0.144. The normalized spacial score (nSPS) is 11.4. The number of sulfonamides is 1. The number of fused-ring (bicyclic) bond motifs is 1. The van der Waals surface area contributed by atoms with Crippen LogP contribution in [-0.2, 0) is 10.0 Å². The van der Waals surface area contributed by atoms with Crippen molar-refractivity contribution in [3.8, 4) is 5.75 Å². The zero-order valence-electron chi connectivity index (χ0n) is 13.0. The van der Waals surface area contributed by atoms with Crippen LogP contribution in [0.3, 0.4) is 0 Å². The molecule has 0 heterocycles. The third-order valence-corrected chi connectivity index (χ3v) is 4.97. The molecule has 4 nitrogen and oxygen atoms in total. The molecule has 3 aromatic carbocycles. The van der Waals surface area contributed by atoms with Gasteiger partial charge in [-0.15, -0.1) is 0 Å². The quantitative estimate of drug-likeness (QED) is 0.755. The van der Waals surface area contributed by atoms with Crippen LogP contribution in [0.15, 0.2) is 65.6 Å². The van der Waals surface area contributed by atoms with Crippen molar-refractivity contribution in [2.45, 2.75) is 11.8 Å². The molecule has 0 saturated carbocycles. The van der Waals surface area contributed by atoms with Crippen LogP contribution in [-0.4, -0.2) is 15.0 Å². The van der Waals surface area contributed by atoms with Gasteiger partial charge in [0.05, 0.1) is 11.5 Å². The van der Waals surface area contributed by atoms with Crippen LogP contribution in [0.2, 0.25) is 0 Å². The average molecular weight is 345 g/mol. The van der Waals surface area contributed by atoms with E-state index < -0.39 is 15.8 Å². The first-order valence-electron chi connectivity index (χ1n) is 7.44. The zero-order chi connectivity index (χ0) is 17.2. The zero-order valence-corrected chi connectivity index (χ0v) is 13.8. The van der Waals surface area contributed by atoms with Crippen LogP contribution < -0.4 is 9.46 Å². The van der Waals surface area contributed by atoms with Crippen LogP contribution >= 0.6 is 0 Å². The summed E-state index contributed by atoms with van der Waals surface area (Å²) in [7, 11) is -3.81. The average Bonchev–Trinajstić information content (AvgIpc) is 2.57. The fourth-order valence-corrected chi connectivity index (χ4v) is 3.76. The minimum atomic E-state index is -3.81. The fraction of sp³-hybridized carbons (Fsp3) is 0.111. The largest absolute Gasteiger partial charge is 0.493 e. The second-order valence-electron chi connectivity index (χ2n) is 5.15. The lowest BCUT2D eigenvalue weighted by atomic mass is 10.1. The molecule has 0 bridgehead atoms. The lowest BCUT2D eigenvalue weighted by Gasteiger charge is -2.13. The van der Waals surface area contributed by atoms with Gasteiger partial charge in [-0.1, -0.05) is 24.3 Å². The molecule has 0 amide bonds. The molecule has 24 heavy (non-hydrogen) atoms. The number of anilines is 1. The van der Waals surface area contributed by atoms with Gasteiger partial charge in [-0.05, 0) is 43.3 Å². The van der Waals surface area contributed by atoms with Crippen LogP contribution in [0.4, 0.5) is 10.1 Å².